The Morgan fingerprint density at radius 1 is 0.643 bits per heavy atom. The van der Waals surface area contributed by atoms with E-state index in [1.807, 2.05) is 0 Å². The minimum absolute atomic E-state index is 0. The lowest BCUT2D eigenvalue weighted by atomic mass is 10.0. The normalized spacial score (nSPS) is 7.71. The van der Waals surface area contributed by atoms with Crippen molar-refractivity contribution in [3.63, 3.8) is 0 Å². The van der Waals surface area contributed by atoms with E-state index in [1.54, 1.807) is 0 Å². The zero-order valence-electron chi connectivity index (χ0n) is 10.6. The molecule has 0 fully saturated rings. The first-order valence-electron chi connectivity index (χ1n) is 5.33. The molecule has 0 aliphatic heterocycles. The quantitative estimate of drug-likeness (QED) is 0.456. The molecule has 0 N–H and O–H groups in total. The Hall–Kier alpha value is 0. The number of unbranched alkanes of at least 4 members (excludes halogenated alkanes) is 1. The maximum atomic E-state index is 2.19. The van der Waals surface area contributed by atoms with Crippen LogP contribution in [0.3, 0.4) is 0 Å². The molecule has 0 heteroatoms. The highest BCUT2D eigenvalue weighted by atomic mass is 14.0. The smallest absolute Gasteiger partial charge is 0.0411 e. The summed E-state index contributed by atoms with van der Waals surface area (Å²) in [5.74, 6) is 0. The minimum atomic E-state index is 0. The molecule has 0 radical (unpaired) electrons. The van der Waals surface area contributed by atoms with Gasteiger partial charge in [-0.2, -0.15) is 0 Å². The van der Waals surface area contributed by atoms with Gasteiger partial charge in [-0.1, -0.05) is 89.5 Å². The predicted octanol–water partition coefficient (Wildman–Crippen LogP) is 6.55. The van der Waals surface area contributed by atoms with Crippen LogP contribution in [-0.2, 0) is 0 Å². The first-order chi connectivity index (χ1) is 5.33. The average molecular weight is 206 g/mol. The van der Waals surface area contributed by atoms with Crippen molar-refractivity contribution in [3.05, 3.63) is 0 Å². The van der Waals surface area contributed by atoms with Crippen molar-refractivity contribution in [2.75, 3.05) is 0 Å². The van der Waals surface area contributed by atoms with Crippen LogP contribution < -0.4 is 0 Å². The summed E-state index contributed by atoms with van der Waals surface area (Å²) < 4.78 is 0. The van der Waals surface area contributed by atoms with E-state index in [2.05, 4.69) is 55.4 Å². The van der Waals surface area contributed by atoms with Gasteiger partial charge in [0.15, 0.2) is 0 Å². The molecule has 14 heavy (non-hydrogen) atoms. The maximum absolute atomic E-state index is 2.19. The molecule has 0 aromatic heterocycles. The highest BCUT2D eigenvalue weighted by Crippen LogP contribution is 2.07. The van der Waals surface area contributed by atoms with Gasteiger partial charge < -0.3 is 0 Å². The maximum Gasteiger partial charge on any atom is -0.0411 e. The summed E-state index contributed by atoms with van der Waals surface area (Å²) in [5.41, 5.74) is 0.500. The third kappa shape index (κ3) is 1450. The van der Waals surface area contributed by atoms with Crippen LogP contribution in [0.2, 0.25) is 0 Å². The zero-order valence-corrected chi connectivity index (χ0v) is 10.6. The van der Waals surface area contributed by atoms with Crippen molar-refractivity contribution in [2.45, 2.75) is 89.5 Å². The second kappa shape index (κ2) is 23.1. The van der Waals surface area contributed by atoms with E-state index < -0.39 is 0 Å². The summed E-state index contributed by atoms with van der Waals surface area (Å²) in [6, 6.07) is 0. The summed E-state index contributed by atoms with van der Waals surface area (Å²) in [7, 11) is 0. The molecule has 0 spiro atoms. The molecule has 94 valence electrons. The van der Waals surface area contributed by atoms with Gasteiger partial charge in [0.1, 0.15) is 0 Å². The highest BCUT2D eigenvalue weighted by molar-refractivity contribution is 4.47. The van der Waals surface area contributed by atoms with E-state index in [9.17, 15) is 0 Å². The Morgan fingerprint density at radius 3 is 0.714 bits per heavy atom. The van der Waals surface area contributed by atoms with Crippen LogP contribution in [0.1, 0.15) is 89.5 Å². The van der Waals surface area contributed by atoms with E-state index in [0.717, 1.165) is 0 Å². The molecule has 0 saturated heterocycles. The number of hydrogen-bond acceptors (Lipinski definition) is 0. The molecule has 0 aromatic carbocycles. The first kappa shape index (κ1) is 29.2. The number of rotatable bonds is 1. The van der Waals surface area contributed by atoms with E-state index in [4.69, 9.17) is 0 Å². The largest absolute Gasteiger partial charge is 0.0776 e. The fourth-order valence-corrected chi connectivity index (χ4v) is 0. The van der Waals surface area contributed by atoms with Crippen molar-refractivity contribution < 1.29 is 0 Å². The van der Waals surface area contributed by atoms with Crippen LogP contribution in [0.4, 0.5) is 0 Å². The van der Waals surface area contributed by atoms with Crippen molar-refractivity contribution in [1.29, 1.82) is 0 Å². The van der Waals surface area contributed by atoms with Crippen molar-refractivity contribution >= 4 is 0 Å². The third-order valence-corrected chi connectivity index (χ3v) is 0.500. The second-order valence-corrected chi connectivity index (χ2v) is 4.71. The Labute approximate surface area is 95.5 Å². The summed E-state index contributed by atoms with van der Waals surface area (Å²) in [6.45, 7) is 17.4. The van der Waals surface area contributed by atoms with Crippen LogP contribution in [0.15, 0.2) is 0 Å². The Balaban J connectivity index is -0.0000000278. The van der Waals surface area contributed by atoms with Gasteiger partial charge in [0, 0.05) is 0 Å². The molecule has 0 nitrogen and oxygen atoms in total. The molecule has 0 bridgehead atoms. The van der Waals surface area contributed by atoms with Gasteiger partial charge in [-0.25, -0.2) is 0 Å². The molecule has 0 atom stereocenters. The van der Waals surface area contributed by atoms with Gasteiger partial charge in [-0.05, 0) is 5.41 Å². The second-order valence-electron chi connectivity index (χ2n) is 4.71. The van der Waals surface area contributed by atoms with E-state index in [1.165, 1.54) is 19.3 Å². The topological polar surface area (TPSA) is 0 Å². The molecule has 0 heterocycles. The van der Waals surface area contributed by atoms with Gasteiger partial charge in [0.25, 0.3) is 0 Å². The third-order valence-electron chi connectivity index (χ3n) is 0.500. The molecule has 0 unspecified atom stereocenters. The SMILES string of the molecule is C.C.CC(C)(C)C.CCC.CCCC. The Kier molecular flexibility index (Phi) is 48.2. The van der Waals surface area contributed by atoms with Crippen LogP contribution in [0.5, 0.6) is 0 Å². The zero-order chi connectivity index (χ0) is 10.6. The van der Waals surface area contributed by atoms with Crippen LogP contribution in [-0.4, -0.2) is 0 Å². The van der Waals surface area contributed by atoms with Gasteiger partial charge >= 0.3 is 0 Å². The van der Waals surface area contributed by atoms with Crippen LogP contribution in [0.25, 0.3) is 0 Å². The lowest BCUT2D eigenvalue weighted by Gasteiger charge is -2.05. The van der Waals surface area contributed by atoms with E-state index in [0.29, 0.717) is 5.41 Å². The molecule has 0 saturated carbocycles. The van der Waals surface area contributed by atoms with Crippen LogP contribution >= 0.6 is 0 Å². The Morgan fingerprint density at radius 2 is 0.714 bits per heavy atom. The fraction of sp³-hybridized carbons (Fsp3) is 1.00. The van der Waals surface area contributed by atoms with E-state index in [-0.39, 0.29) is 14.9 Å². The van der Waals surface area contributed by atoms with E-state index >= 15 is 0 Å². The predicted molar refractivity (Wildman–Crippen MR) is 75.1 cm³/mol. The summed E-state index contributed by atoms with van der Waals surface area (Å²) in [4.78, 5) is 0. The van der Waals surface area contributed by atoms with Gasteiger partial charge in [-0.3, -0.25) is 0 Å². The van der Waals surface area contributed by atoms with Gasteiger partial charge in [-0.15, -0.1) is 0 Å². The first-order valence-corrected chi connectivity index (χ1v) is 5.33. The van der Waals surface area contributed by atoms with Gasteiger partial charge in [0.05, 0.1) is 0 Å². The summed E-state index contributed by atoms with van der Waals surface area (Å²) in [6.07, 6.45) is 3.89. The molecule has 0 rings (SSSR count). The molecular weight excluding hydrogens is 168 g/mol. The Bertz CT molecular complexity index is 39.5. The molecule has 0 aliphatic rings. The fourth-order valence-electron chi connectivity index (χ4n) is 0. The molecular formula is C14H38. The lowest BCUT2D eigenvalue weighted by Crippen LogP contribution is -1.93. The van der Waals surface area contributed by atoms with Crippen molar-refractivity contribution in [2.24, 2.45) is 5.41 Å². The minimum Gasteiger partial charge on any atom is -0.0776 e. The van der Waals surface area contributed by atoms with Crippen LogP contribution in [0, 0.1) is 5.41 Å². The molecule has 0 amide bonds. The lowest BCUT2D eigenvalue weighted by molar-refractivity contribution is 0.469. The summed E-state index contributed by atoms with van der Waals surface area (Å²) >= 11 is 0. The standard InChI is InChI=1S/C5H12.C4H10.C3H8.2CH4/c1-5(2,3)4;1-3-4-2;1-3-2;;/h1-4H3;3-4H2,1-2H3;3H2,1-2H3;2*1H4. The monoisotopic (exact) mass is 206 g/mol. The highest BCUT2D eigenvalue weighted by Gasteiger charge is 1.95. The summed E-state index contributed by atoms with van der Waals surface area (Å²) in [5, 5.41) is 0. The average Bonchev–Trinajstić information content (AvgIpc) is 1.85. The number of hydrogen-bond donors (Lipinski definition) is 0. The molecule has 0 aliphatic carbocycles. The van der Waals surface area contributed by atoms with Gasteiger partial charge in [0.2, 0.25) is 0 Å². The van der Waals surface area contributed by atoms with Crippen molar-refractivity contribution in [3.8, 4) is 0 Å². The molecule has 0 aromatic rings. The van der Waals surface area contributed by atoms with Crippen molar-refractivity contribution in [1.82, 2.24) is 0 Å².